The summed E-state index contributed by atoms with van der Waals surface area (Å²) in [5.41, 5.74) is 6.27. The summed E-state index contributed by atoms with van der Waals surface area (Å²) in [5, 5.41) is 18.3. The zero-order valence-corrected chi connectivity index (χ0v) is 17.5. The number of nitrogens with zero attached hydrogens (tertiary/aromatic N) is 3. The second-order valence-corrected chi connectivity index (χ2v) is 8.16. The molecule has 2 heterocycles. The lowest BCUT2D eigenvalue weighted by Gasteiger charge is -2.41. The van der Waals surface area contributed by atoms with E-state index in [0.717, 1.165) is 22.3 Å². The summed E-state index contributed by atoms with van der Waals surface area (Å²) in [7, 11) is 1.62. The number of nitrogens with one attached hydrogen (secondary N) is 1. The van der Waals surface area contributed by atoms with E-state index in [9.17, 15) is 19.2 Å². The predicted molar refractivity (Wildman–Crippen MR) is 109 cm³/mol. The van der Waals surface area contributed by atoms with Gasteiger partial charge in [0.05, 0.1) is 17.6 Å². The normalized spacial score (nSPS) is 24.7. The highest BCUT2D eigenvalue weighted by atomic mass is 19.1. The van der Waals surface area contributed by atoms with Gasteiger partial charge in [0, 0.05) is 19.6 Å². The number of carbonyl (C=O) groups excluding carboxylic acids is 2. The van der Waals surface area contributed by atoms with E-state index < -0.39 is 24.0 Å². The van der Waals surface area contributed by atoms with Gasteiger partial charge in [-0.25, -0.2) is 9.87 Å². The van der Waals surface area contributed by atoms with E-state index >= 15 is 0 Å². The van der Waals surface area contributed by atoms with Gasteiger partial charge in [0.25, 0.3) is 0 Å². The first-order valence-electron chi connectivity index (χ1n) is 10.0. The number of likely N-dealkylation sites (N-methyl/N-ethyl adjacent to an activating group) is 1. The number of aryl methyl sites for hydroxylation is 2. The Bertz CT molecular complexity index is 900. The van der Waals surface area contributed by atoms with Gasteiger partial charge in [0.2, 0.25) is 11.8 Å². The van der Waals surface area contributed by atoms with E-state index in [1.54, 1.807) is 22.3 Å². The van der Waals surface area contributed by atoms with Crippen LogP contribution in [-0.4, -0.2) is 65.7 Å². The fourth-order valence-electron chi connectivity index (χ4n) is 4.55. The fraction of sp³-hybridized carbons (Fsp3) is 0.500. The summed E-state index contributed by atoms with van der Waals surface area (Å²) >= 11 is 0. The lowest BCUT2D eigenvalue weighted by molar-refractivity contribution is -0.150. The Labute approximate surface area is 175 Å². The summed E-state index contributed by atoms with van der Waals surface area (Å²) in [4.78, 5) is 28.4. The van der Waals surface area contributed by atoms with Crippen molar-refractivity contribution in [3.05, 3.63) is 40.5 Å². The zero-order chi connectivity index (χ0) is 22.0. The van der Waals surface area contributed by atoms with Crippen molar-refractivity contribution in [2.75, 3.05) is 26.7 Å². The smallest absolute Gasteiger partial charge is 0.248 e. The monoisotopic (exact) mass is 414 g/mol. The molecule has 1 saturated heterocycles. The molecule has 0 aromatic heterocycles. The average Bonchev–Trinajstić information content (AvgIpc) is 2.72. The van der Waals surface area contributed by atoms with Crippen LogP contribution in [0.15, 0.2) is 18.2 Å². The van der Waals surface area contributed by atoms with E-state index in [0.29, 0.717) is 25.1 Å². The first kappa shape index (κ1) is 21.9. The molecule has 30 heavy (non-hydrogen) atoms. The standard InChI is InChI=1S/C22H27FN4O3/c1-13-8-16(9-14(2)19(13)11-24)15-4-6-27(7-5-15)22(29)20-18(21(28)25-30)10-17(23)12-26(20)3/h4,8-9,17-18,20,30H,5-7,10,12H2,1-3H3,(H,25,28)/t17-,18+,20+/m1/s1. The van der Waals surface area contributed by atoms with Crippen LogP contribution in [0.5, 0.6) is 0 Å². The molecule has 0 aliphatic carbocycles. The average molecular weight is 414 g/mol. The first-order chi connectivity index (χ1) is 14.3. The molecule has 2 N–H and O–H groups in total. The number of hydroxylamine groups is 1. The molecule has 7 nitrogen and oxygen atoms in total. The zero-order valence-electron chi connectivity index (χ0n) is 17.5. The maximum absolute atomic E-state index is 14.0. The number of nitriles is 1. The first-order valence-corrected chi connectivity index (χ1v) is 10.0. The maximum atomic E-state index is 14.0. The predicted octanol–water partition coefficient (Wildman–Crippen LogP) is 1.95. The third kappa shape index (κ3) is 4.23. The molecule has 1 aromatic rings. The minimum atomic E-state index is -1.22. The van der Waals surface area contributed by atoms with Crippen molar-refractivity contribution in [1.29, 1.82) is 5.26 Å². The van der Waals surface area contributed by atoms with Crippen molar-refractivity contribution in [1.82, 2.24) is 15.3 Å². The Morgan fingerprint density at radius 1 is 1.30 bits per heavy atom. The number of rotatable bonds is 3. The molecule has 160 valence electrons. The highest BCUT2D eigenvalue weighted by Crippen LogP contribution is 2.30. The van der Waals surface area contributed by atoms with Gasteiger partial charge in [0.1, 0.15) is 12.2 Å². The Hall–Kier alpha value is -2.76. The van der Waals surface area contributed by atoms with E-state index in [4.69, 9.17) is 5.21 Å². The van der Waals surface area contributed by atoms with Gasteiger partial charge >= 0.3 is 0 Å². The van der Waals surface area contributed by atoms with Crippen molar-refractivity contribution < 1.29 is 19.2 Å². The lowest BCUT2D eigenvalue weighted by Crippen LogP contribution is -2.59. The summed E-state index contributed by atoms with van der Waals surface area (Å²) in [6.45, 7) is 4.78. The fourth-order valence-corrected chi connectivity index (χ4v) is 4.55. The van der Waals surface area contributed by atoms with Gasteiger partial charge in [-0.1, -0.05) is 18.2 Å². The molecule has 3 atom stereocenters. The molecule has 0 radical (unpaired) electrons. The Morgan fingerprint density at radius 3 is 2.50 bits per heavy atom. The summed E-state index contributed by atoms with van der Waals surface area (Å²) < 4.78 is 14.0. The van der Waals surface area contributed by atoms with E-state index in [-0.39, 0.29) is 18.9 Å². The number of piperidine rings is 1. The minimum absolute atomic E-state index is 0.0737. The van der Waals surface area contributed by atoms with Gasteiger partial charge in [0.15, 0.2) is 0 Å². The van der Waals surface area contributed by atoms with Gasteiger partial charge in [-0.15, -0.1) is 0 Å². The summed E-state index contributed by atoms with van der Waals surface area (Å²) in [5.74, 6) is -1.91. The van der Waals surface area contributed by atoms with Crippen LogP contribution in [0.2, 0.25) is 0 Å². The molecule has 0 spiro atoms. The quantitative estimate of drug-likeness (QED) is 0.582. The molecular formula is C22H27FN4O3. The molecule has 1 fully saturated rings. The number of hydrogen-bond acceptors (Lipinski definition) is 5. The highest BCUT2D eigenvalue weighted by Gasteiger charge is 2.44. The number of carbonyl (C=O) groups is 2. The number of benzene rings is 1. The van der Waals surface area contributed by atoms with Crippen molar-refractivity contribution in [2.24, 2.45) is 5.92 Å². The van der Waals surface area contributed by atoms with Gasteiger partial charge in [-0.2, -0.15) is 5.26 Å². The second kappa shape index (κ2) is 8.94. The summed E-state index contributed by atoms with van der Waals surface area (Å²) in [6.07, 6.45) is 1.32. The molecule has 3 rings (SSSR count). The van der Waals surface area contributed by atoms with Gasteiger partial charge in [-0.05, 0) is 56.0 Å². The number of likely N-dealkylation sites (tertiary alicyclic amines) is 1. The molecule has 2 aliphatic rings. The molecular weight excluding hydrogens is 387 g/mol. The number of halogens is 1. The van der Waals surface area contributed by atoms with E-state index in [1.165, 1.54) is 0 Å². The molecule has 0 bridgehead atoms. The third-order valence-electron chi connectivity index (χ3n) is 6.09. The van der Waals surface area contributed by atoms with Crippen molar-refractivity contribution >= 4 is 17.4 Å². The summed E-state index contributed by atoms with van der Waals surface area (Å²) in [6, 6.07) is 5.40. The van der Waals surface area contributed by atoms with Crippen LogP contribution in [0.3, 0.4) is 0 Å². The molecule has 2 aliphatic heterocycles. The Balaban J connectivity index is 1.78. The van der Waals surface area contributed by atoms with Crippen LogP contribution in [0.1, 0.15) is 35.1 Å². The number of alkyl halides is 1. The van der Waals surface area contributed by atoms with Crippen molar-refractivity contribution in [3.8, 4) is 6.07 Å². The van der Waals surface area contributed by atoms with Crippen LogP contribution in [-0.2, 0) is 9.59 Å². The molecule has 2 amide bonds. The SMILES string of the molecule is Cc1cc(C2=CCN(C(=O)[C@@H]3[C@@H](C(=O)NO)C[C@@H](F)CN3C)CC2)cc(C)c1C#N. The van der Waals surface area contributed by atoms with Crippen molar-refractivity contribution in [2.45, 2.75) is 38.9 Å². The second-order valence-electron chi connectivity index (χ2n) is 8.16. The molecule has 8 heteroatoms. The van der Waals surface area contributed by atoms with Crippen molar-refractivity contribution in [3.63, 3.8) is 0 Å². The van der Waals surface area contributed by atoms with Crippen LogP contribution in [0.25, 0.3) is 5.57 Å². The van der Waals surface area contributed by atoms with E-state index in [2.05, 4.69) is 6.07 Å². The Morgan fingerprint density at radius 2 is 1.97 bits per heavy atom. The van der Waals surface area contributed by atoms with Crippen LogP contribution in [0.4, 0.5) is 4.39 Å². The molecule has 0 saturated carbocycles. The topological polar surface area (TPSA) is 96.7 Å². The van der Waals surface area contributed by atoms with Gasteiger partial charge in [-0.3, -0.25) is 19.7 Å². The van der Waals surface area contributed by atoms with E-state index in [1.807, 2.05) is 32.1 Å². The van der Waals surface area contributed by atoms with Crippen LogP contribution >= 0.6 is 0 Å². The molecule has 1 aromatic carbocycles. The molecule has 0 unspecified atom stereocenters. The van der Waals surface area contributed by atoms with Gasteiger partial charge < -0.3 is 4.90 Å². The highest BCUT2D eigenvalue weighted by molar-refractivity contribution is 5.90. The third-order valence-corrected chi connectivity index (χ3v) is 6.09. The Kier molecular flexibility index (Phi) is 6.54. The maximum Gasteiger partial charge on any atom is 0.248 e. The van der Waals surface area contributed by atoms with Crippen LogP contribution in [0, 0.1) is 31.1 Å². The van der Waals surface area contributed by atoms with Crippen LogP contribution < -0.4 is 5.48 Å². The minimum Gasteiger partial charge on any atom is -0.337 e. The number of hydrogen-bond donors (Lipinski definition) is 2. The largest absolute Gasteiger partial charge is 0.337 e. The lowest BCUT2D eigenvalue weighted by atomic mass is 9.86. The number of amides is 2.